The maximum atomic E-state index is 14.0. The third-order valence-electron chi connectivity index (χ3n) is 3.19. The molecule has 2 rings (SSSR count). The molecule has 98 valence electrons. The van der Waals surface area contributed by atoms with E-state index in [-0.39, 0.29) is 0 Å². The highest BCUT2D eigenvalue weighted by Gasteiger charge is 2.15. The summed E-state index contributed by atoms with van der Waals surface area (Å²) in [6.07, 6.45) is 0.679. The van der Waals surface area contributed by atoms with Crippen molar-refractivity contribution in [3.63, 3.8) is 0 Å². The van der Waals surface area contributed by atoms with Crippen LogP contribution in [0.4, 0.5) is 15.8 Å². The predicted octanol–water partition coefficient (Wildman–Crippen LogP) is 4.02. The maximum Gasteiger partial charge on any atom is 0.152 e. The van der Waals surface area contributed by atoms with Crippen molar-refractivity contribution < 1.29 is 9.18 Å². The van der Waals surface area contributed by atoms with Gasteiger partial charge < -0.3 is 4.90 Å². The largest absolute Gasteiger partial charge is 0.341 e. The van der Waals surface area contributed by atoms with Crippen LogP contribution in [-0.2, 0) is 0 Å². The van der Waals surface area contributed by atoms with Crippen LogP contribution >= 0.6 is 0 Å². The van der Waals surface area contributed by atoms with Gasteiger partial charge in [0.2, 0.25) is 0 Å². The summed E-state index contributed by atoms with van der Waals surface area (Å²) in [7, 11) is 1.77. The smallest absolute Gasteiger partial charge is 0.152 e. The fraction of sp³-hybridized carbons (Fsp3) is 0.188. The highest BCUT2D eigenvalue weighted by Crippen LogP contribution is 2.31. The fourth-order valence-corrected chi connectivity index (χ4v) is 2.28. The Morgan fingerprint density at radius 3 is 2.53 bits per heavy atom. The van der Waals surface area contributed by atoms with E-state index in [4.69, 9.17) is 0 Å². The van der Waals surface area contributed by atoms with E-state index in [1.54, 1.807) is 24.1 Å². The number of hydrogen-bond donors (Lipinski definition) is 0. The number of carbonyl (C=O) groups is 1. The van der Waals surface area contributed by atoms with Gasteiger partial charge in [-0.3, -0.25) is 4.79 Å². The molecule has 19 heavy (non-hydrogen) atoms. The molecule has 0 saturated heterocycles. The van der Waals surface area contributed by atoms with Crippen LogP contribution in [0.15, 0.2) is 36.4 Å². The van der Waals surface area contributed by atoms with E-state index in [1.165, 1.54) is 6.07 Å². The van der Waals surface area contributed by atoms with E-state index >= 15 is 0 Å². The van der Waals surface area contributed by atoms with Crippen LogP contribution in [0, 0.1) is 19.7 Å². The molecule has 2 aromatic carbocycles. The fourth-order valence-electron chi connectivity index (χ4n) is 2.28. The molecule has 0 spiro atoms. The van der Waals surface area contributed by atoms with Gasteiger partial charge in [-0.15, -0.1) is 0 Å². The zero-order valence-electron chi connectivity index (χ0n) is 11.3. The molecule has 0 radical (unpaired) electrons. The second-order valence-electron chi connectivity index (χ2n) is 4.64. The maximum absolute atomic E-state index is 14.0. The first-order valence-corrected chi connectivity index (χ1v) is 6.09. The molecular formula is C16H16FNO. The number of halogens is 1. The number of nitrogens with zero attached hydrogens (tertiary/aromatic N) is 1. The Balaban J connectivity index is 2.55. The van der Waals surface area contributed by atoms with E-state index in [9.17, 15) is 9.18 Å². The summed E-state index contributed by atoms with van der Waals surface area (Å²) in [5.74, 6) is -0.396. The normalized spacial score (nSPS) is 10.3. The van der Waals surface area contributed by atoms with Crippen molar-refractivity contribution in [2.24, 2.45) is 0 Å². The van der Waals surface area contributed by atoms with Crippen molar-refractivity contribution in [1.29, 1.82) is 0 Å². The van der Waals surface area contributed by atoms with Gasteiger partial charge in [-0.05, 0) is 37.6 Å². The second kappa shape index (κ2) is 5.22. The molecular weight excluding hydrogens is 241 g/mol. The number of hydrogen-bond acceptors (Lipinski definition) is 2. The number of anilines is 2. The van der Waals surface area contributed by atoms with Crippen LogP contribution in [0.25, 0.3) is 0 Å². The molecule has 2 aromatic rings. The summed E-state index contributed by atoms with van der Waals surface area (Å²) >= 11 is 0. The minimum atomic E-state index is -0.396. The van der Waals surface area contributed by atoms with Gasteiger partial charge in [-0.1, -0.05) is 23.8 Å². The number of benzene rings is 2. The minimum Gasteiger partial charge on any atom is -0.341 e. The summed E-state index contributed by atoms with van der Waals surface area (Å²) in [6, 6.07) is 10.5. The van der Waals surface area contributed by atoms with E-state index in [0.29, 0.717) is 17.5 Å². The van der Waals surface area contributed by atoms with Crippen LogP contribution < -0.4 is 4.90 Å². The van der Waals surface area contributed by atoms with Crippen LogP contribution in [-0.4, -0.2) is 13.3 Å². The molecule has 3 heteroatoms. The molecule has 2 nitrogen and oxygen atoms in total. The Morgan fingerprint density at radius 2 is 1.89 bits per heavy atom. The Kier molecular flexibility index (Phi) is 3.65. The van der Waals surface area contributed by atoms with Crippen LogP contribution in [0.3, 0.4) is 0 Å². The summed E-state index contributed by atoms with van der Waals surface area (Å²) in [5, 5.41) is 0. The van der Waals surface area contributed by atoms with Gasteiger partial charge in [0, 0.05) is 18.3 Å². The lowest BCUT2D eigenvalue weighted by Crippen LogP contribution is -2.14. The Hall–Kier alpha value is -2.16. The summed E-state index contributed by atoms with van der Waals surface area (Å²) < 4.78 is 14.0. The number of aryl methyl sites for hydroxylation is 2. The standard InChI is InChI=1S/C16H16FNO/c1-11-7-8-15(12(2)9-11)18(3)16-13(10-19)5-4-6-14(16)17/h4-10H,1-3H3. The first-order chi connectivity index (χ1) is 9.04. The molecule has 0 saturated carbocycles. The lowest BCUT2D eigenvalue weighted by atomic mass is 10.1. The Bertz CT molecular complexity index is 622. The molecule has 0 fully saturated rings. The molecule has 0 aliphatic carbocycles. The average molecular weight is 257 g/mol. The first-order valence-electron chi connectivity index (χ1n) is 6.09. The molecule has 0 heterocycles. The Labute approximate surface area is 112 Å². The lowest BCUT2D eigenvalue weighted by Gasteiger charge is -2.23. The van der Waals surface area contributed by atoms with Gasteiger partial charge >= 0.3 is 0 Å². The van der Waals surface area contributed by atoms with Gasteiger partial charge in [-0.25, -0.2) is 4.39 Å². The lowest BCUT2D eigenvalue weighted by molar-refractivity contribution is 0.112. The van der Waals surface area contributed by atoms with Crippen LogP contribution in [0.5, 0.6) is 0 Å². The van der Waals surface area contributed by atoms with Crippen molar-refractivity contribution in [1.82, 2.24) is 0 Å². The third-order valence-corrected chi connectivity index (χ3v) is 3.19. The molecule has 0 aromatic heterocycles. The summed E-state index contributed by atoms with van der Waals surface area (Å²) in [6.45, 7) is 3.98. The molecule has 0 bridgehead atoms. The van der Waals surface area contributed by atoms with Gasteiger partial charge in [0.1, 0.15) is 5.82 Å². The molecule has 0 amide bonds. The van der Waals surface area contributed by atoms with Gasteiger partial charge in [0.15, 0.2) is 6.29 Å². The summed E-state index contributed by atoms with van der Waals surface area (Å²) in [4.78, 5) is 12.8. The number of carbonyl (C=O) groups excluding carboxylic acids is 1. The van der Waals surface area contributed by atoms with Gasteiger partial charge in [-0.2, -0.15) is 0 Å². The minimum absolute atomic E-state index is 0.310. The Morgan fingerprint density at radius 1 is 1.16 bits per heavy atom. The highest BCUT2D eigenvalue weighted by molar-refractivity contribution is 5.87. The first kappa shape index (κ1) is 13.3. The van der Waals surface area contributed by atoms with Gasteiger partial charge in [0.25, 0.3) is 0 Å². The number of rotatable bonds is 3. The quantitative estimate of drug-likeness (QED) is 0.774. The van der Waals surface area contributed by atoms with E-state index in [1.807, 2.05) is 32.0 Å². The van der Waals surface area contributed by atoms with E-state index in [0.717, 1.165) is 16.8 Å². The van der Waals surface area contributed by atoms with Crippen LogP contribution in [0.1, 0.15) is 21.5 Å². The highest BCUT2D eigenvalue weighted by atomic mass is 19.1. The third kappa shape index (κ3) is 2.50. The SMILES string of the molecule is Cc1ccc(N(C)c2c(F)cccc2C=O)c(C)c1. The second-order valence-corrected chi connectivity index (χ2v) is 4.64. The van der Waals surface area contributed by atoms with E-state index < -0.39 is 5.82 Å². The molecule has 0 atom stereocenters. The van der Waals surface area contributed by atoms with Gasteiger partial charge in [0.05, 0.1) is 5.69 Å². The summed E-state index contributed by atoms with van der Waals surface area (Å²) in [5.41, 5.74) is 3.74. The van der Waals surface area contributed by atoms with Crippen molar-refractivity contribution in [3.05, 3.63) is 58.9 Å². The zero-order chi connectivity index (χ0) is 14.0. The zero-order valence-corrected chi connectivity index (χ0v) is 11.3. The molecule has 0 unspecified atom stereocenters. The molecule has 0 N–H and O–H groups in total. The number of para-hydroxylation sites is 1. The monoisotopic (exact) mass is 257 g/mol. The van der Waals surface area contributed by atoms with E-state index in [2.05, 4.69) is 0 Å². The van der Waals surface area contributed by atoms with Crippen molar-refractivity contribution in [2.75, 3.05) is 11.9 Å². The van der Waals surface area contributed by atoms with Crippen molar-refractivity contribution >= 4 is 17.7 Å². The molecule has 0 aliphatic rings. The molecule has 0 aliphatic heterocycles. The van der Waals surface area contributed by atoms with Crippen molar-refractivity contribution in [2.45, 2.75) is 13.8 Å². The number of aldehydes is 1. The predicted molar refractivity (Wildman–Crippen MR) is 75.8 cm³/mol. The van der Waals surface area contributed by atoms with Crippen molar-refractivity contribution in [3.8, 4) is 0 Å². The topological polar surface area (TPSA) is 20.3 Å². The average Bonchev–Trinajstić information content (AvgIpc) is 2.37. The van der Waals surface area contributed by atoms with Crippen LogP contribution in [0.2, 0.25) is 0 Å².